The van der Waals surface area contributed by atoms with Crippen molar-refractivity contribution in [3.63, 3.8) is 0 Å². The van der Waals surface area contributed by atoms with Crippen LogP contribution in [0, 0.1) is 0 Å². The van der Waals surface area contributed by atoms with Crippen LogP contribution >= 0.6 is 28.3 Å². The summed E-state index contributed by atoms with van der Waals surface area (Å²) in [7, 11) is 0. The van der Waals surface area contributed by atoms with Gasteiger partial charge in [-0.15, -0.1) is 12.4 Å². The first-order chi connectivity index (χ1) is 10.3. The van der Waals surface area contributed by atoms with Crippen LogP contribution in [0.25, 0.3) is 11.3 Å². The number of rotatable bonds is 5. The van der Waals surface area contributed by atoms with E-state index in [1.807, 2.05) is 42.5 Å². The average Bonchev–Trinajstić information content (AvgIpc) is 2.98. The van der Waals surface area contributed by atoms with Gasteiger partial charge >= 0.3 is 0 Å². The highest BCUT2D eigenvalue weighted by atomic mass is 79.9. The van der Waals surface area contributed by atoms with Crippen LogP contribution in [-0.2, 0) is 13.1 Å². The summed E-state index contributed by atoms with van der Waals surface area (Å²) < 4.78 is 6.94. The van der Waals surface area contributed by atoms with Crippen LogP contribution in [0.2, 0.25) is 0 Å². The van der Waals surface area contributed by atoms with Gasteiger partial charge in [0.1, 0.15) is 11.5 Å². The Morgan fingerprint density at radius 1 is 0.818 bits per heavy atom. The largest absolute Gasteiger partial charge is 0.460 e. The second-order valence-electron chi connectivity index (χ2n) is 4.86. The van der Waals surface area contributed by atoms with Gasteiger partial charge in [-0.1, -0.05) is 58.4 Å². The van der Waals surface area contributed by atoms with Gasteiger partial charge in [0.05, 0.1) is 6.54 Å². The Morgan fingerprint density at radius 3 is 2.27 bits per heavy atom. The van der Waals surface area contributed by atoms with Crippen LogP contribution in [0.15, 0.2) is 75.6 Å². The lowest BCUT2D eigenvalue weighted by Crippen LogP contribution is -2.11. The second kappa shape index (κ2) is 8.18. The Morgan fingerprint density at radius 2 is 1.55 bits per heavy atom. The van der Waals surface area contributed by atoms with E-state index in [-0.39, 0.29) is 12.4 Å². The normalized spacial score (nSPS) is 10.2. The minimum Gasteiger partial charge on any atom is -0.460 e. The van der Waals surface area contributed by atoms with Crippen LogP contribution in [0.5, 0.6) is 0 Å². The molecule has 2 aromatic carbocycles. The lowest BCUT2D eigenvalue weighted by Gasteiger charge is -2.03. The number of hydrogen-bond acceptors (Lipinski definition) is 2. The molecule has 1 aromatic heterocycles. The summed E-state index contributed by atoms with van der Waals surface area (Å²) in [5.41, 5.74) is 2.37. The van der Waals surface area contributed by atoms with Crippen molar-refractivity contribution in [2.24, 2.45) is 0 Å². The first-order valence-electron chi connectivity index (χ1n) is 6.90. The molecule has 0 atom stereocenters. The van der Waals surface area contributed by atoms with Crippen molar-refractivity contribution in [1.82, 2.24) is 5.32 Å². The predicted octanol–water partition coefficient (Wildman–Crippen LogP) is 5.42. The van der Waals surface area contributed by atoms with Crippen LogP contribution in [0.1, 0.15) is 11.3 Å². The monoisotopic (exact) mass is 377 g/mol. The molecule has 0 spiro atoms. The first kappa shape index (κ1) is 16.8. The third-order valence-electron chi connectivity index (χ3n) is 3.26. The fourth-order valence-corrected chi connectivity index (χ4v) is 2.43. The SMILES string of the molecule is Brc1ccc(-c2ccc(CNCc3ccccc3)o2)cc1.Cl. The van der Waals surface area contributed by atoms with Gasteiger partial charge in [-0.3, -0.25) is 0 Å². The Hall–Kier alpha value is -1.55. The van der Waals surface area contributed by atoms with Crippen molar-refractivity contribution in [3.8, 4) is 11.3 Å². The average molecular weight is 379 g/mol. The maximum absolute atomic E-state index is 5.87. The lowest BCUT2D eigenvalue weighted by atomic mass is 10.2. The number of halogens is 2. The third kappa shape index (κ3) is 4.47. The molecule has 0 unspecified atom stereocenters. The van der Waals surface area contributed by atoms with E-state index in [0.717, 1.165) is 34.6 Å². The zero-order valence-corrected chi connectivity index (χ0v) is 14.4. The van der Waals surface area contributed by atoms with E-state index in [9.17, 15) is 0 Å². The number of hydrogen-bond donors (Lipinski definition) is 1. The van der Waals surface area contributed by atoms with E-state index in [1.54, 1.807) is 0 Å². The standard InChI is InChI=1S/C18H16BrNO.ClH/c19-16-8-6-15(7-9-16)18-11-10-17(21-18)13-20-12-14-4-2-1-3-5-14;/h1-11,20H,12-13H2;1H. The fourth-order valence-electron chi connectivity index (χ4n) is 2.17. The van der Waals surface area contributed by atoms with Crippen molar-refractivity contribution in [2.75, 3.05) is 0 Å². The summed E-state index contributed by atoms with van der Waals surface area (Å²) in [5, 5.41) is 3.39. The molecule has 0 bridgehead atoms. The Balaban J connectivity index is 0.00000176. The Bertz CT molecular complexity index is 695. The molecule has 22 heavy (non-hydrogen) atoms. The predicted molar refractivity (Wildman–Crippen MR) is 96.1 cm³/mol. The minimum atomic E-state index is 0. The molecule has 4 heteroatoms. The molecule has 0 fully saturated rings. The molecule has 0 aliphatic carbocycles. The number of benzene rings is 2. The molecular weight excluding hydrogens is 362 g/mol. The van der Waals surface area contributed by atoms with Crippen LogP contribution in [-0.4, -0.2) is 0 Å². The maximum atomic E-state index is 5.87. The topological polar surface area (TPSA) is 25.2 Å². The van der Waals surface area contributed by atoms with Gasteiger partial charge < -0.3 is 9.73 Å². The van der Waals surface area contributed by atoms with Crippen molar-refractivity contribution in [1.29, 1.82) is 0 Å². The summed E-state index contributed by atoms with van der Waals surface area (Å²) >= 11 is 3.44. The van der Waals surface area contributed by atoms with Crippen molar-refractivity contribution < 1.29 is 4.42 Å². The van der Waals surface area contributed by atoms with E-state index in [1.165, 1.54) is 5.56 Å². The summed E-state index contributed by atoms with van der Waals surface area (Å²) in [6.07, 6.45) is 0. The highest BCUT2D eigenvalue weighted by Gasteiger charge is 2.04. The molecule has 1 N–H and O–H groups in total. The van der Waals surface area contributed by atoms with Gasteiger partial charge in [-0.05, 0) is 29.8 Å². The van der Waals surface area contributed by atoms with E-state index in [0.29, 0.717) is 0 Å². The molecule has 3 aromatic rings. The van der Waals surface area contributed by atoms with Gasteiger partial charge in [-0.25, -0.2) is 0 Å². The van der Waals surface area contributed by atoms with Crippen molar-refractivity contribution in [3.05, 3.63) is 82.5 Å². The van der Waals surface area contributed by atoms with Crippen LogP contribution < -0.4 is 5.32 Å². The third-order valence-corrected chi connectivity index (χ3v) is 3.79. The summed E-state index contributed by atoms with van der Waals surface area (Å²) in [6, 6.07) is 22.5. The summed E-state index contributed by atoms with van der Waals surface area (Å²) in [5.74, 6) is 1.85. The fraction of sp³-hybridized carbons (Fsp3) is 0.111. The molecular formula is C18H17BrClNO. The molecule has 2 nitrogen and oxygen atoms in total. The first-order valence-corrected chi connectivity index (χ1v) is 7.70. The van der Waals surface area contributed by atoms with Gasteiger partial charge in [0.2, 0.25) is 0 Å². The highest BCUT2D eigenvalue weighted by molar-refractivity contribution is 9.10. The van der Waals surface area contributed by atoms with E-state index < -0.39 is 0 Å². The molecule has 0 saturated carbocycles. The number of nitrogens with one attached hydrogen (secondary N) is 1. The van der Waals surface area contributed by atoms with Gasteiger partial charge in [-0.2, -0.15) is 0 Å². The molecule has 1 heterocycles. The van der Waals surface area contributed by atoms with Gasteiger partial charge in [0.25, 0.3) is 0 Å². The summed E-state index contributed by atoms with van der Waals surface area (Å²) in [6.45, 7) is 1.57. The molecule has 0 aliphatic rings. The molecule has 0 amide bonds. The molecule has 0 saturated heterocycles. The molecule has 0 aliphatic heterocycles. The van der Waals surface area contributed by atoms with Crippen LogP contribution in [0.3, 0.4) is 0 Å². The second-order valence-corrected chi connectivity index (χ2v) is 5.78. The maximum Gasteiger partial charge on any atom is 0.134 e. The summed E-state index contributed by atoms with van der Waals surface area (Å²) in [4.78, 5) is 0. The van der Waals surface area contributed by atoms with Crippen molar-refractivity contribution in [2.45, 2.75) is 13.1 Å². The quantitative estimate of drug-likeness (QED) is 0.641. The molecule has 3 rings (SSSR count). The minimum absolute atomic E-state index is 0. The van der Waals surface area contributed by atoms with E-state index >= 15 is 0 Å². The zero-order chi connectivity index (χ0) is 14.5. The van der Waals surface area contributed by atoms with E-state index in [2.05, 4.69) is 45.5 Å². The molecule has 0 radical (unpaired) electrons. The zero-order valence-electron chi connectivity index (χ0n) is 12.0. The van der Waals surface area contributed by atoms with Gasteiger partial charge in [0, 0.05) is 16.6 Å². The highest BCUT2D eigenvalue weighted by Crippen LogP contribution is 2.23. The number of furan rings is 1. The smallest absolute Gasteiger partial charge is 0.134 e. The van der Waals surface area contributed by atoms with Crippen LogP contribution in [0.4, 0.5) is 0 Å². The Kier molecular flexibility index (Phi) is 6.25. The molecule has 114 valence electrons. The Labute approximate surface area is 145 Å². The lowest BCUT2D eigenvalue weighted by molar-refractivity contribution is 0.493. The van der Waals surface area contributed by atoms with Crippen molar-refractivity contribution >= 4 is 28.3 Å². The van der Waals surface area contributed by atoms with Gasteiger partial charge in [0.15, 0.2) is 0 Å². The van der Waals surface area contributed by atoms with E-state index in [4.69, 9.17) is 4.42 Å².